The number of carbonyl (C=O) groups is 1. The minimum Gasteiger partial charge on any atom is -0.399 e. The smallest absolute Gasteiger partial charge is 0.258 e. The second-order valence-corrected chi connectivity index (χ2v) is 7.43. The molecule has 29 heavy (non-hydrogen) atoms. The van der Waals surface area contributed by atoms with Crippen LogP contribution in [0.25, 0.3) is 11.3 Å². The third-order valence-electron chi connectivity index (χ3n) is 4.82. The first-order valence-electron chi connectivity index (χ1n) is 9.53. The maximum absolute atomic E-state index is 12.9. The van der Waals surface area contributed by atoms with Gasteiger partial charge in [0.05, 0.1) is 11.3 Å². The predicted molar refractivity (Wildman–Crippen MR) is 120 cm³/mol. The van der Waals surface area contributed by atoms with Crippen molar-refractivity contribution < 1.29 is 4.79 Å². The number of benzene rings is 3. The Morgan fingerprint density at radius 3 is 2.41 bits per heavy atom. The Morgan fingerprint density at radius 1 is 1.00 bits per heavy atom. The van der Waals surface area contributed by atoms with Crippen molar-refractivity contribution in [2.75, 3.05) is 30.5 Å². The maximum atomic E-state index is 12.9. The zero-order chi connectivity index (χ0) is 20.4. The summed E-state index contributed by atoms with van der Waals surface area (Å²) < 4.78 is 0. The van der Waals surface area contributed by atoms with Crippen molar-refractivity contribution in [1.82, 2.24) is 4.90 Å². The lowest BCUT2D eigenvalue weighted by atomic mass is 9.99. The molecule has 0 atom stereocenters. The predicted octanol–water partition coefficient (Wildman–Crippen LogP) is 4.26. The van der Waals surface area contributed by atoms with Crippen LogP contribution in [0.2, 0.25) is 0 Å². The van der Waals surface area contributed by atoms with Gasteiger partial charge in [0, 0.05) is 29.2 Å². The quantitative estimate of drug-likeness (QED) is 0.454. The molecule has 146 valence electrons. The van der Waals surface area contributed by atoms with E-state index in [0.717, 1.165) is 34.7 Å². The first-order valence-corrected chi connectivity index (χ1v) is 9.53. The van der Waals surface area contributed by atoms with Crippen LogP contribution in [0.5, 0.6) is 0 Å². The van der Waals surface area contributed by atoms with Crippen LogP contribution in [-0.4, -0.2) is 24.9 Å². The molecule has 5 heteroatoms. The highest BCUT2D eigenvalue weighted by Gasteiger charge is 2.28. The van der Waals surface area contributed by atoms with Gasteiger partial charge in [-0.3, -0.25) is 4.79 Å². The van der Waals surface area contributed by atoms with E-state index in [4.69, 9.17) is 5.73 Å². The molecule has 0 saturated carbocycles. The fourth-order valence-electron chi connectivity index (χ4n) is 3.52. The fourth-order valence-corrected chi connectivity index (χ4v) is 3.52. The fraction of sp³-hybridized carbons (Fsp3) is 0.125. The van der Waals surface area contributed by atoms with Crippen LogP contribution in [0.4, 0.5) is 17.1 Å². The van der Waals surface area contributed by atoms with E-state index in [2.05, 4.69) is 27.7 Å². The standard InChI is InChI=1S/C24H24N4O/c1-28(2)15-16-8-11-19(12-9-16)26-23(17-6-4-3-5-7-17)22-20-14-18(25)10-13-21(20)27-24(22)29/h3-14,26H,15,25H2,1-2H3,(H,27,29). The van der Waals surface area contributed by atoms with Gasteiger partial charge in [0.2, 0.25) is 0 Å². The molecule has 0 bridgehead atoms. The van der Waals surface area contributed by atoms with Crippen LogP contribution in [-0.2, 0) is 11.3 Å². The molecule has 4 rings (SSSR count). The van der Waals surface area contributed by atoms with Crippen molar-refractivity contribution in [3.05, 3.63) is 89.5 Å². The van der Waals surface area contributed by atoms with E-state index in [1.807, 2.05) is 68.7 Å². The minimum atomic E-state index is -0.138. The number of nitrogens with zero attached hydrogens (tertiary/aromatic N) is 1. The second kappa shape index (κ2) is 7.81. The molecule has 1 aliphatic heterocycles. The van der Waals surface area contributed by atoms with Crippen LogP contribution in [0.1, 0.15) is 16.7 Å². The first-order chi connectivity index (χ1) is 14.0. The molecular weight excluding hydrogens is 360 g/mol. The van der Waals surface area contributed by atoms with E-state index < -0.39 is 0 Å². The number of hydrogen-bond donors (Lipinski definition) is 3. The molecule has 0 aliphatic carbocycles. The molecule has 3 aromatic carbocycles. The van der Waals surface area contributed by atoms with Gasteiger partial charge < -0.3 is 21.3 Å². The molecule has 1 aliphatic rings. The number of nitrogens with two attached hydrogens (primary N) is 1. The number of amides is 1. The Morgan fingerprint density at radius 2 is 1.72 bits per heavy atom. The summed E-state index contributed by atoms with van der Waals surface area (Å²) in [5, 5.41) is 6.42. The van der Waals surface area contributed by atoms with Crippen molar-refractivity contribution in [1.29, 1.82) is 0 Å². The largest absolute Gasteiger partial charge is 0.399 e. The van der Waals surface area contributed by atoms with E-state index in [9.17, 15) is 4.79 Å². The van der Waals surface area contributed by atoms with Crippen LogP contribution in [0.15, 0.2) is 72.8 Å². The van der Waals surface area contributed by atoms with Crippen molar-refractivity contribution >= 4 is 34.2 Å². The highest BCUT2D eigenvalue weighted by Crippen LogP contribution is 2.38. The third kappa shape index (κ3) is 4.00. The number of rotatable bonds is 5. The second-order valence-electron chi connectivity index (χ2n) is 7.43. The number of fused-ring (bicyclic) bond motifs is 1. The molecule has 0 spiro atoms. The highest BCUT2D eigenvalue weighted by atomic mass is 16.2. The summed E-state index contributed by atoms with van der Waals surface area (Å²) in [5.74, 6) is -0.138. The van der Waals surface area contributed by atoms with Gasteiger partial charge in [-0.05, 0) is 55.6 Å². The first kappa shape index (κ1) is 18.8. The SMILES string of the molecule is CN(C)Cc1ccc(NC(=C2C(=O)Nc3ccc(N)cc32)c2ccccc2)cc1. The molecule has 1 heterocycles. The third-order valence-corrected chi connectivity index (χ3v) is 4.82. The summed E-state index contributed by atoms with van der Waals surface area (Å²) >= 11 is 0. The molecule has 4 N–H and O–H groups in total. The van der Waals surface area contributed by atoms with E-state index >= 15 is 0 Å². The lowest BCUT2D eigenvalue weighted by molar-refractivity contribution is -0.110. The van der Waals surface area contributed by atoms with Crippen LogP contribution in [0, 0.1) is 0 Å². The number of nitrogen functional groups attached to an aromatic ring is 1. The summed E-state index contributed by atoms with van der Waals surface area (Å²) in [4.78, 5) is 15.0. The number of carbonyl (C=O) groups excluding carboxylic acids is 1. The Balaban J connectivity index is 1.79. The summed E-state index contributed by atoms with van der Waals surface area (Å²) in [6.07, 6.45) is 0. The zero-order valence-corrected chi connectivity index (χ0v) is 16.6. The Labute approximate surface area is 170 Å². The van der Waals surface area contributed by atoms with E-state index in [1.165, 1.54) is 5.56 Å². The molecule has 0 unspecified atom stereocenters. The molecule has 5 nitrogen and oxygen atoms in total. The Bertz CT molecular complexity index is 1070. The van der Waals surface area contributed by atoms with Gasteiger partial charge in [-0.15, -0.1) is 0 Å². The monoisotopic (exact) mass is 384 g/mol. The van der Waals surface area contributed by atoms with E-state index in [1.54, 1.807) is 6.07 Å². The van der Waals surface area contributed by atoms with E-state index in [-0.39, 0.29) is 5.91 Å². The van der Waals surface area contributed by atoms with Crippen molar-refractivity contribution in [2.24, 2.45) is 0 Å². The normalized spacial score (nSPS) is 14.5. The molecule has 3 aromatic rings. The summed E-state index contributed by atoms with van der Waals surface area (Å²) in [5.41, 5.74) is 12.6. The average molecular weight is 384 g/mol. The number of nitrogens with one attached hydrogen (secondary N) is 2. The van der Waals surface area contributed by atoms with Gasteiger partial charge in [0.25, 0.3) is 5.91 Å². The topological polar surface area (TPSA) is 70.4 Å². The molecule has 0 saturated heterocycles. The van der Waals surface area contributed by atoms with Crippen molar-refractivity contribution in [2.45, 2.75) is 6.54 Å². The summed E-state index contributed by atoms with van der Waals surface area (Å²) in [7, 11) is 4.10. The van der Waals surface area contributed by atoms with Gasteiger partial charge in [-0.1, -0.05) is 42.5 Å². The van der Waals surface area contributed by atoms with Gasteiger partial charge >= 0.3 is 0 Å². The summed E-state index contributed by atoms with van der Waals surface area (Å²) in [6.45, 7) is 0.877. The molecular formula is C24H24N4O. The average Bonchev–Trinajstić information content (AvgIpc) is 3.02. The number of hydrogen-bond acceptors (Lipinski definition) is 4. The molecule has 0 fully saturated rings. The Hall–Kier alpha value is -3.57. The van der Waals surface area contributed by atoms with Gasteiger partial charge in [0.15, 0.2) is 0 Å². The molecule has 0 radical (unpaired) electrons. The summed E-state index contributed by atoms with van der Waals surface area (Å²) in [6, 6.07) is 23.6. The van der Waals surface area contributed by atoms with Crippen molar-refractivity contribution in [3.8, 4) is 0 Å². The highest BCUT2D eigenvalue weighted by molar-refractivity contribution is 6.37. The number of anilines is 3. The van der Waals surface area contributed by atoms with Gasteiger partial charge in [-0.2, -0.15) is 0 Å². The maximum Gasteiger partial charge on any atom is 0.258 e. The lowest BCUT2D eigenvalue weighted by Gasteiger charge is -2.16. The van der Waals surface area contributed by atoms with Gasteiger partial charge in [-0.25, -0.2) is 0 Å². The van der Waals surface area contributed by atoms with Gasteiger partial charge in [0.1, 0.15) is 0 Å². The molecule has 0 aromatic heterocycles. The molecule has 1 amide bonds. The lowest BCUT2D eigenvalue weighted by Crippen LogP contribution is -2.11. The van der Waals surface area contributed by atoms with Crippen LogP contribution >= 0.6 is 0 Å². The van der Waals surface area contributed by atoms with Crippen molar-refractivity contribution in [3.63, 3.8) is 0 Å². The van der Waals surface area contributed by atoms with Crippen LogP contribution < -0.4 is 16.4 Å². The van der Waals surface area contributed by atoms with E-state index in [0.29, 0.717) is 11.3 Å². The minimum absolute atomic E-state index is 0.138. The zero-order valence-electron chi connectivity index (χ0n) is 16.6. The van der Waals surface area contributed by atoms with Crippen LogP contribution in [0.3, 0.4) is 0 Å². The Kier molecular flexibility index (Phi) is 5.06.